The third-order valence-corrected chi connectivity index (χ3v) is 3.50. The van der Waals surface area contributed by atoms with Crippen LogP contribution in [0.4, 0.5) is 8.78 Å². The molecule has 0 bridgehead atoms. The number of fused-ring (bicyclic) bond motifs is 1. The van der Waals surface area contributed by atoms with E-state index in [1.807, 2.05) is 24.3 Å². The first-order chi connectivity index (χ1) is 9.18. The summed E-state index contributed by atoms with van der Waals surface area (Å²) < 4.78 is 33.0. The summed E-state index contributed by atoms with van der Waals surface area (Å²) in [6.07, 6.45) is 0. The van der Waals surface area contributed by atoms with E-state index in [1.165, 1.54) is 18.2 Å². The van der Waals surface area contributed by atoms with E-state index < -0.39 is 17.7 Å². The molecule has 3 rings (SSSR count). The van der Waals surface area contributed by atoms with Crippen molar-refractivity contribution in [2.75, 3.05) is 6.61 Å². The molecule has 2 N–H and O–H groups in total. The van der Waals surface area contributed by atoms with E-state index in [-0.39, 0.29) is 11.5 Å². The fourth-order valence-electron chi connectivity index (χ4n) is 2.52. The van der Waals surface area contributed by atoms with E-state index in [0.717, 1.165) is 11.3 Å². The lowest BCUT2D eigenvalue weighted by Gasteiger charge is -2.19. The van der Waals surface area contributed by atoms with Crippen molar-refractivity contribution in [1.82, 2.24) is 0 Å². The van der Waals surface area contributed by atoms with Crippen molar-refractivity contribution in [2.45, 2.75) is 12.0 Å². The first kappa shape index (κ1) is 12.1. The maximum absolute atomic E-state index is 13.8. The molecule has 98 valence electrons. The average Bonchev–Trinajstić information content (AvgIpc) is 2.82. The van der Waals surface area contributed by atoms with Gasteiger partial charge >= 0.3 is 0 Å². The number of hydrogen-bond donors (Lipinski definition) is 1. The molecule has 0 saturated carbocycles. The Hall–Kier alpha value is -1.94. The number of nitrogens with two attached hydrogens (primary N) is 1. The molecule has 0 spiro atoms. The standard InChI is InChI=1S/C15H13F2NO/c16-11-5-3-6-12(17)14(11)15(18)10-8-19-13-7-2-1-4-9(10)13/h1-7,10,15H,8,18H2. The van der Waals surface area contributed by atoms with Gasteiger partial charge in [-0.2, -0.15) is 0 Å². The molecule has 0 radical (unpaired) electrons. The van der Waals surface area contributed by atoms with Gasteiger partial charge < -0.3 is 10.5 Å². The van der Waals surface area contributed by atoms with Gasteiger partial charge in [0.05, 0.1) is 6.61 Å². The molecule has 0 fully saturated rings. The summed E-state index contributed by atoms with van der Waals surface area (Å²) in [5, 5.41) is 0. The Labute approximate surface area is 109 Å². The van der Waals surface area contributed by atoms with E-state index in [9.17, 15) is 8.78 Å². The van der Waals surface area contributed by atoms with Gasteiger partial charge in [0, 0.05) is 23.1 Å². The molecule has 2 nitrogen and oxygen atoms in total. The molecule has 19 heavy (non-hydrogen) atoms. The van der Waals surface area contributed by atoms with Gasteiger partial charge in [-0.3, -0.25) is 0 Å². The summed E-state index contributed by atoms with van der Waals surface area (Å²) in [5.74, 6) is -0.726. The number of halogens is 2. The van der Waals surface area contributed by atoms with Crippen molar-refractivity contribution in [3.63, 3.8) is 0 Å². The lowest BCUT2D eigenvalue weighted by atomic mass is 9.88. The van der Waals surface area contributed by atoms with Gasteiger partial charge in [0.25, 0.3) is 0 Å². The topological polar surface area (TPSA) is 35.2 Å². The monoisotopic (exact) mass is 261 g/mol. The first-order valence-electron chi connectivity index (χ1n) is 6.09. The Morgan fingerprint density at radius 3 is 2.47 bits per heavy atom. The fourth-order valence-corrected chi connectivity index (χ4v) is 2.52. The lowest BCUT2D eigenvalue weighted by molar-refractivity contribution is 0.311. The molecule has 2 aromatic carbocycles. The van der Waals surface area contributed by atoms with Crippen LogP contribution in [0.25, 0.3) is 0 Å². The quantitative estimate of drug-likeness (QED) is 0.901. The molecule has 1 aliphatic rings. The smallest absolute Gasteiger partial charge is 0.130 e. The van der Waals surface area contributed by atoms with Crippen LogP contribution in [0.15, 0.2) is 42.5 Å². The normalized spacial score (nSPS) is 18.8. The molecule has 2 aromatic rings. The second-order valence-electron chi connectivity index (χ2n) is 4.62. The van der Waals surface area contributed by atoms with Crippen molar-refractivity contribution < 1.29 is 13.5 Å². The molecule has 1 aliphatic heterocycles. The van der Waals surface area contributed by atoms with Crippen molar-refractivity contribution in [3.8, 4) is 5.75 Å². The Morgan fingerprint density at radius 1 is 1.05 bits per heavy atom. The summed E-state index contributed by atoms with van der Waals surface area (Å²) in [6, 6.07) is 10.5. The summed E-state index contributed by atoms with van der Waals surface area (Å²) >= 11 is 0. The lowest BCUT2D eigenvalue weighted by Crippen LogP contribution is -2.23. The molecule has 4 heteroatoms. The van der Waals surface area contributed by atoms with Crippen LogP contribution in [-0.2, 0) is 0 Å². The second-order valence-corrected chi connectivity index (χ2v) is 4.62. The van der Waals surface area contributed by atoms with Crippen molar-refractivity contribution in [3.05, 3.63) is 65.2 Å². The molecular formula is C15H13F2NO. The molecular weight excluding hydrogens is 248 g/mol. The molecule has 0 saturated heterocycles. The highest BCUT2D eigenvalue weighted by atomic mass is 19.1. The summed E-state index contributed by atoms with van der Waals surface area (Å²) in [5.41, 5.74) is 6.88. The zero-order valence-electron chi connectivity index (χ0n) is 10.1. The SMILES string of the molecule is NC(c1c(F)cccc1F)C1COc2ccccc21. The van der Waals surface area contributed by atoms with E-state index >= 15 is 0 Å². The van der Waals surface area contributed by atoms with Gasteiger partial charge in [-0.15, -0.1) is 0 Å². The highest BCUT2D eigenvalue weighted by Crippen LogP contribution is 2.40. The zero-order valence-corrected chi connectivity index (χ0v) is 10.1. The average molecular weight is 261 g/mol. The van der Waals surface area contributed by atoms with Crippen LogP contribution in [0, 0.1) is 11.6 Å². The minimum Gasteiger partial charge on any atom is -0.493 e. The number of hydrogen-bond acceptors (Lipinski definition) is 2. The predicted octanol–water partition coefficient (Wildman–Crippen LogP) is 3.14. The maximum atomic E-state index is 13.8. The Kier molecular flexibility index (Phi) is 2.95. The van der Waals surface area contributed by atoms with E-state index in [1.54, 1.807) is 0 Å². The van der Waals surface area contributed by atoms with E-state index in [0.29, 0.717) is 6.61 Å². The van der Waals surface area contributed by atoms with Gasteiger partial charge in [0.2, 0.25) is 0 Å². The Morgan fingerprint density at radius 2 is 1.74 bits per heavy atom. The largest absolute Gasteiger partial charge is 0.493 e. The third kappa shape index (κ3) is 1.98. The van der Waals surface area contributed by atoms with Crippen LogP contribution in [0.1, 0.15) is 23.1 Å². The number of benzene rings is 2. The van der Waals surface area contributed by atoms with Crippen LogP contribution in [0.3, 0.4) is 0 Å². The molecule has 0 aromatic heterocycles. The third-order valence-electron chi connectivity index (χ3n) is 3.50. The predicted molar refractivity (Wildman–Crippen MR) is 68.0 cm³/mol. The summed E-state index contributed by atoms with van der Waals surface area (Å²) in [4.78, 5) is 0. The molecule has 0 aliphatic carbocycles. The molecule has 0 amide bonds. The van der Waals surface area contributed by atoms with Crippen molar-refractivity contribution in [1.29, 1.82) is 0 Å². The number of ether oxygens (including phenoxy) is 1. The first-order valence-corrected chi connectivity index (χ1v) is 6.09. The van der Waals surface area contributed by atoms with Gasteiger partial charge in [-0.05, 0) is 18.2 Å². The van der Waals surface area contributed by atoms with Crippen LogP contribution in [0.2, 0.25) is 0 Å². The van der Waals surface area contributed by atoms with Crippen LogP contribution in [-0.4, -0.2) is 6.61 Å². The second kappa shape index (κ2) is 4.63. The Balaban J connectivity index is 2.00. The van der Waals surface area contributed by atoms with Crippen LogP contribution in [0.5, 0.6) is 5.75 Å². The minimum absolute atomic E-state index is 0.0761. The van der Waals surface area contributed by atoms with Crippen molar-refractivity contribution >= 4 is 0 Å². The summed E-state index contributed by atoms with van der Waals surface area (Å²) in [7, 11) is 0. The molecule has 1 heterocycles. The van der Waals surface area contributed by atoms with Gasteiger partial charge in [0.15, 0.2) is 0 Å². The number of rotatable bonds is 2. The van der Waals surface area contributed by atoms with Gasteiger partial charge in [-0.25, -0.2) is 8.78 Å². The fraction of sp³-hybridized carbons (Fsp3) is 0.200. The Bertz CT molecular complexity index is 595. The summed E-state index contributed by atoms with van der Waals surface area (Å²) in [6.45, 7) is 0.342. The molecule has 2 atom stereocenters. The van der Waals surface area contributed by atoms with Gasteiger partial charge in [0.1, 0.15) is 17.4 Å². The van der Waals surface area contributed by atoms with Crippen molar-refractivity contribution in [2.24, 2.45) is 5.73 Å². The zero-order chi connectivity index (χ0) is 13.4. The highest BCUT2D eigenvalue weighted by molar-refractivity contribution is 5.42. The highest BCUT2D eigenvalue weighted by Gasteiger charge is 2.32. The van der Waals surface area contributed by atoms with Gasteiger partial charge in [-0.1, -0.05) is 24.3 Å². The minimum atomic E-state index is -0.759. The van der Waals surface area contributed by atoms with E-state index in [4.69, 9.17) is 10.5 Å². The van der Waals surface area contributed by atoms with Crippen LogP contribution >= 0.6 is 0 Å². The van der Waals surface area contributed by atoms with Crippen LogP contribution < -0.4 is 10.5 Å². The maximum Gasteiger partial charge on any atom is 0.130 e. The number of para-hydroxylation sites is 1. The molecule has 2 unspecified atom stereocenters. The van der Waals surface area contributed by atoms with E-state index in [2.05, 4.69) is 0 Å².